The van der Waals surface area contributed by atoms with Crippen LogP contribution in [0.15, 0.2) is 18.2 Å². The van der Waals surface area contributed by atoms with Crippen LogP contribution in [0.4, 0.5) is 8.78 Å². The highest BCUT2D eigenvalue weighted by atomic mass is 79.9. The number of hydrogen-bond acceptors (Lipinski definition) is 0. The van der Waals surface area contributed by atoms with Gasteiger partial charge in [0.15, 0.2) is 11.6 Å². The molecule has 0 aromatic heterocycles. The van der Waals surface area contributed by atoms with E-state index in [2.05, 4.69) is 29.8 Å². The molecule has 3 heteroatoms. The lowest BCUT2D eigenvalue weighted by Crippen LogP contribution is -2.07. The van der Waals surface area contributed by atoms with Crippen molar-refractivity contribution in [1.29, 1.82) is 0 Å². The number of rotatable bonds is 5. The van der Waals surface area contributed by atoms with Crippen molar-refractivity contribution in [3.63, 3.8) is 0 Å². The van der Waals surface area contributed by atoms with Crippen LogP contribution in [0.25, 0.3) is 0 Å². The summed E-state index contributed by atoms with van der Waals surface area (Å²) in [5.74, 6) is -0.838. The number of alkyl halides is 1. The minimum absolute atomic E-state index is 0.214. The molecule has 1 unspecified atom stereocenters. The number of benzene rings is 1. The molecule has 1 aromatic carbocycles. The number of hydrogen-bond donors (Lipinski definition) is 0. The molecule has 1 atom stereocenters. The SMILES string of the molecule is CC(C)CCC(Br)Cc1cccc(F)c1F. The summed E-state index contributed by atoms with van der Waals surface area (Å²) in [7, 11) is 0. The fraction of sp³-hybridized carbons (Fsp3) is 0.538. The first-order chi connectivity index (χ1) is 7.50. The third kappa shape index (κ3) is 4.20. The first-order valence-corrected chi connectivity index (χ1v) is 6.49. The summed E-state index contributed by atoms with van der Waals surface area (Å²) in [5.41, 5.74) is 0.450. The lowest BCUT2D eigenvalue weighted by Gasteiger charge is -2.12. The maximum atomic E-state index is 13.4. The Kier molecular flexibility index (Phi) is 5.39. The average Bonchev–Trinajstić information content (AvgIpc) is 2.22. The van der Waals surface area contributed by atoms with Gasteiger partial charge >= 0.3 is 0 Å². The Bertz CT molecular complexity index is 337. The first kappa shape index (κ1) is 13.6. The molecule has 0 bridgehead atoms. The molecule has 0 fully saturated rings. The van der Waals surface area contributed by atoms with Gasteiger partial charge in [0.25, 0.3) is 0 Å². The smallest absolute Gasteiger partial charge is 0.162 e. The fourth-order valence-electron chi connectivity index (χ4n) is 1.56. The van der Waals surface area contributed by atoms with Crippen molar-refractivity contribution in [2.24, 2.45) is 5.92 Å². The van der Waals surface area contributed by atoms with Crippen LogP contribution in [0.1, 0.15) is 32.3 Å². The van der Waals surface area contributed by atoms with Gasteiger partial charge in [0.2, 0.25) is 0 Å². The summed E-state index contributed by atoms with van der Waals surface area (Å²) in [5, 5.41) is 0. The Hall–Kier alpha value is -0.440. The van der Waals surface area contributed by atoms with Crippen LogP contribution in [0.2, 0.25) is 0 Å². The fourth-order valence-corrected chi connectivity index (χ4v) is 2.17. The number of halogens is 3. The highest BCUT2D eigenvalue weighted by Gasteiger charge is 2.12. The Balaban J connectivity index is 2.56. The summed E-state index contributed by atoms with van der Waals surface area (Å²) in [6, 6.07) is 4.34. The van der Waals surface area contributed by atoms with Gasteiger partial charge in [-0.1, -0.05) is 41.9 Å². The molecule has 0 saturated carbocycles. The first-order valence-electron chi connectivity index (χ1n) is 5.57. The summed E-state index contributed by atoms with van der Waals surface area (Å²) < 4.78 is 26.3. The summed E-state index contributed by atoms with van der Waals surface area (Å²) in [4.78, 5) is 0.214. The Morgan fingerprint density at radius 1 is 1.19 bits per heavy atom. The van der Waals surface area contributed by atoms with E-state index in [1.54, 1.807) is 12.1 Å². The Morgan fingerprint density at radius 3 is 2.50 bits per heavy atom. The van der Waals surface area contributed by atoms with E-state index in [1.165, 1.54) is 0 Å². The van der Waals surface area contributed by atoms with E-state index < -0.39 is 11.6 Å². The lowest BCUT2D eigenvalue weighted by atomic mass is 10.0. The summed E-state index contributed by atoms with van der Waals surface area (Å²) in [6.45, 7) is 4.31. The topological polar surface area (TPSA) is 0 Å². The lowest BCUT2D eigenvalue weighted by molar-refractivity contribution is 0.493. The van der Waals surface area contributed by atoms with Crippen molar-refractivity contribution in [1.82, 2.24) is 0 Å². The van der Waals surface area contributed by atoms with Gasteiger partial charge in [0.05, 0.1) is 0 Å². The maximum absolute atomic E-state index is 13.4. The van der Waals surface area contributed by atoms with Crippen LogP contribution in [-0.2, 0) is 6.42 Å². The zero-order chi connectivity index (χ0) is 12.1. The average molecular weight is 291 g/mol. The summed E-state index contributed by atoms with van der Waals surface area (Å²) >= 11 is 3.51. The molecule has 0 nitrogen and oxygen atoms in total. The predicted octanol–water partition coefficient (Wildman–Crippen LogP) is 4.71. The standard InChI is InChI=1S/C13H17BrF2/c1-9(2)6-7-11(14)8-10-4-3-5-12(15)13(10)16/h3-5,9,11H,6-8H2,1-2H3. The van der Waals surface area contributed by atoms with Crippen molar-refractivity contribution in [3.05, 3.63) is 35.4 Å². The predicted molar refractivity (Wildman–Crippen MR) is 66.8 cm³/mol. The van der Waals surface area contributed by atoms with Crippen LogP contribution in [0, 0.1) is 17.6 Å². The van der Waals surface area contributed by atoms with Crippen molar-refractivity contribution < 1.29 is 8.78 Å². The Morgan fingerprint density at radius 2 is 1.88 bits per heavy atom. The molecule has 0 aliphatic rings. The van der Waals surface area contributed by atoms with Crippen LogP contribution in [0.5, 0.6) is 0 Å². The van der Waals surface area contributed by atoms with Gasteiger partial charge in [-0.05, 0) is 36.8 Å². The summed E-state index contributed by atoms with van der Waals surface area (Å²) in [6.07, 6.45) is 2.61. The van der Waals surface area contributed by atoms with Gasteiger partial charge in [-0.3, -0.25) is 0 Å². The second kappa shape index (κ2) is 6.33. The van der Waals surface area contributed by atoms with Crippen LogP contribution in [-0.4, -0.2) is 4.83 Å². The molecular weight excluding hydrogens is 274 g/mol. The van der Waals surface area contributed by atoms with Gasteiger partial charge in [-0.15, -0.1) is 0 Å². The molecule has 0 aliphatic heterocycles. The molecule has 90 valence electrons. The molecule has 0 spiro atoms. The van der Waals surface area contributed by atoms with Crippen molar-refractivity contribution in [2.75, 3.05) is 0 Å². The van der Waals surface area contributed by atoms with Gasteiger partial charge in [-0.25, -0.2) is 8.78 Å². The van der Waals surface area contributed by atoms with Gasteiger partial charge < -0.3 is 0 Å². The Labute approximate surface area is 104 Å². The van der Waals surface area contributed by atoms with E-state index >= 15 is 0 Å². The monoisotopic (exact) mass is 290 g/mol. The van der Waals surface area contributed by atoms with E-state index in [9.17, 15) is 8.78 Å². The van der Waals surface area contributed by atoms with Crippen molar-refractivity contribution in [2.45, 2.75) is 37.9 Å². The van der Waals surface area contributed by atoms with Crippen LogP contribution < -0.4 is 0 Å². The van der Waals surface area contributed by atoms with Gasteiger partial charge in [-0.2, -0.15) is 0 Å². The molecule has 0 saturated heterocycles. The van der Waals surface area contributed by atoms with Crippen LogP contribution >= 0.6 is 15.9 Å². The third-order valence-corrected chi connectivity index (χ3v) is 3.31. The highest BCUT2D eigenvalue weighted by Crippen LogP contribution is 2.20. The minimum atomic E-state index is -0.763. The molecule has 16 heavy (non-hydrogen) atoms. The molecule has 0 radical (unpaired) electrons. The minimum Gasteiger partial charge on any atom is -0.204 e. The van der Waals surface area contributed by atoms with Crippen LogP contribution in [0.3, 0.4) is 0 Å². The second-order valence-corrected chi connectivity index (χ2v) is 5.78. The maximum Gasteiger partial charge on any atom is 0.162 e. The van der Waals surface area contributed by atoms with Gasteiger partial charge in [0, 0.05) is 4.83 Å². The third-order valence-electron chi connectivity index (χ3n) is 2.53. The molecule has 0 N–H and O–H groups in total. The zero-order valence-electron chi connectivity index (χ0n) is 9.64. The largest absolute Gasteiger partial charge is 0.204 e. The highest BCUT2D eigenvalue weighted by molar-refractivity contribution is 9.09. The van der Waals surface area contributed by atoms with E-state index in [-0.39, 0.29) is 4.83 Å². The quantitative estimate of drug-likeness (QED) is 0.689. The van der Waals surface area contributed by atoms with E-state index in [4.69, 9.17) is 0 Å². The van der Waals surface area contributed by atoms with Crippen molar-refractivity contribution in [3.8, 4) is 0 Å². The van der Waals surface area contributed by atoms with E-state index in [0.29, 0.717) is 17.9 Å². The molecule has 0 aliphatic carbocycles. The molecule has 1 aromatic rings. The second-order valence-electron chi connectivity index (χ2n) is 4.49. The zero-order valence-corrected chi connectivity index (χ0v) is 11.2. The molecule has 0 heterocycles. The molecule has 1 rings (SSSR count). The molecular formula is C13H17BrF2. The van der Waals surface area contributed by atoms with E-state index in [0.717, 1.165) is 18.9 Å². The van der Waals surface area contributed by atoms with E-state index in [1.807, 2.05) is 0 Å². The van der Waals surface area contributed by atoms with Gasteiger partial charge in [0.1, 0.15) is 0 Å². The van der Waals surface area contributed by atoms with Crippen molar-refractivity contribution >= 4 is 15.9 Å². The normalized spacial score (nSPS) is 13.1. The molecule has 0 amide bonds.